The van der Waals surface area contributed by atoms with Crippen molar-refractivity contribution in [2.75, 3.05) is 31.1 Å². The molecule has 1 aliphatic heterocycles. The zero-order chi connectivity index (χ0) is 18.7. The van der Waals surface area contributed by atoms with Gasteiger partial charge in [-0.1, -0.05) is 41.4 Å². The number of hydrogen-bond acceptors (Lipinski definition) is 3. The largest absolute Gasteiger partial charge is 0.368 e. The minimum atomic E-state index is -0.548. The van der Waals surface area contributed by atoms with Crippen molar-refractivity contribution < 1.29 is 4.79 Å². The molecule has 6 heteroatoms. The molecule has 138 valence electrons. The fourth-order valence-electron chi connectivity index (χ4n) is 3.33. The van der Waals surface area contributed by atoms with E-state index in [0.717, 1.165) is 29.4 Å². The fourth-order valence-corrected chi connectivity index (χ4v) is 3.71. The number of anilines is 1. The first-order valence-corrected chi connectivity index (χ1v) is 9.49. The number of benzene rings is 2. The van der Waals surface area contributed by atoms with Gasteiger partial charge in [0.2, 0.25) is 5.91 Å². The maximum Gasteiger partial charge on any atom is 0.239 e. The summed E-state index contributed by atoms with van der Waals surface area (Å²) in [5.41, 5.74) is 9.45. The van der Waals surface area contributed by atoms with Gasteiger partial charge in [-0.25, -0.2) is 0 Å². The van der Waals surface area contributed by atoms with E-state index < -0.39 is 6.04 Å². The van der Waals surface area contributed by atoms with E-state index in [1.54, 1.807) is 0 Å². The van der Waals surface area contributed by atoms with E-state index in [1.807, 2.05) is 47.4 Å². The highest BCUT2D eigenvalue weighted by molar-refractivity contribution is 6.31. The van der Waals surface area contributed by atoms with Crippen molar-refractivity contribution in [3.63, 3.8) is 0 Å². The summed E-state index contributed by atoms with van der Waals surface area (Å²) in [6.45, 7) is 4.94. The lowest BCUT2D eigenvalue weighted by Crippen LogP contribution is -2.53. The average Bonchev–Trinajstić information content (AvgIpc) is 2.63. The first-order valence-electron chi connectivity index (χ1n) is 8.74. The van der Waals surface area contributed by atoms with Gasteiger partial charge in [-0.05, 0) is 48.7 Å². The predicted octanol–water partition coefficient (Wildman–Crippen LogP) is 3.52. The summed E-state index contributed by atoms with van der Waals surface area (Å²) >= 11 is 12.1. The summed E-state index contributed by atoms with van der Waals surface area (Å²) < 4.78 is 0. The molecule has 1 saturated heterocycles. The molecule has 0 aliphatic carbocycles. The number of aryl methyl sites for hydroxylation is 1. The first kappa shape index (κ1) is 19.0. The van der Waals surface area contributed by atoms with E-state index in [2.05, 4.69) is 11.8 Å². The third kappa shape index (κ3) is 4.50. The van der Waals surface area contributed by atoms with Crippen LogP contribution in [0.25, 0.3) is 0 Å². The number of halogens is 2. The van der Waals surface area contributed by atoms with E-state index in [-0.39, 0.29) is 5.91 Å². The molecule has 2 N–H and O–H groups in total. The molecule has 1 unspecified atom stereocenters. The summed E-state index contributed by atoms with van der Waals surface area (Å²) in [5, 5.41) is 1.39. The summed E-state index contributed by atoms with van der Waals surface area (Å²) in [6, 6.07) is 12.8. The van der Waals surface area contributed by atoms with E-state index in [0.29, 0.717) is 24.5 Å². The van der Waals surface area contributed by atoms with Crippen LogP contribution in [-0.4, -0.2) is 43.0 Å². The maximum atomic E-state index is 12.7. The molecule has 0 spiro atoms. The molecule has 0 aromatic heterocycles. The molecule has 2 aromatic rings. The van der Waals surface area contributed by atoms with Crippen molar-refractivity contribution in [1.29, 1.82) is 0 Å². The van der Waals surface area contributed by atoms with Crippen molar-refractivity contribution in [2.24, 2.45) is 5.73 Å². The van der Waals surface area contributed by atoms with Crippen molar-refractivity contribution in [1.82, 2.24) is 4.90 Å². The van der Waals surface area contributed by atoms with Gasteiger partial charge >= 0.3 is 0 Å². The van der Waals surface area contributed by atoms with Crippen LogP contribution in [0.15, 0.2) is 42.5 Å². The second kappa shape index (κ2) is 8.30. The van der Waals surface area contributed by atoms with Crippen LogP contribution in [0.2, 0.25) is 10.0 Å². The molecule has 1 heterocycles. The number of nitrogens with two attached hydrogens (primary N) is 1. The Balaban J connectivity index is 1.58. The molecule has 26 heavy (non-hydrogen) atoms. The third-order valence-corrected chi connectivity index (χ3v) is 5.24. The van der Waals surface area contributed by atoms with Gasteiger partial charge in [0.15, 0.2) is 0 Å². The second-order valence-electron chi connectivity index (χ2n) is 6.68. The minimum Gasteiger partial charge on any atom is -0.368 e. The highest BCUT2D eigenvalue weighted by atomic mass is 35.5. The highest BCUT2D eigenvalue weighted by Gasteiger charge is 2.26. The lowest BCUT2D eigenvalue weighted by atomic mass is 10.1. The Hall–Kier alpha value is -1.75. The normalized spacial score (nSPS) is 15.8. The van der Waals surface area contributed by atoms with Crippen molar-refractivity contribution >= 4 is 34.8 Å². The van der Waals surface area contributed by atoms with Gasteiger partial charge in [0.05, 0.1) is 6.04 Å². The molecule has 2 aromatic carbocycles. The molecular formula is C20H23Cl2N3O. The number of nitrogens with zero attached hydrogens (tertiary/aromatic N) is 2. The van der Waals surface area contributed by atoms with Gasteiger partial charge in [0.25, 0.3) is 0 Å². The SMILES string of the molecule is Cc1ccc(Cl)cc1N1CCN(C(=O)C(N)Cc2cccc(Cl)c2)CC1. The summed E-state index contributed by atoms with van der Waals surface area (Å²) in [6.07, 6.45) is 0.493. The monoisotopic (exact) mass is 391 g/mol. The van der Waals surface area contributed by atoms with E-state index in [4.69, 9.17) is 28.9 Å². The van der Waals surface area contributed by atoms with Crippen LogP contribution in [0, 0.1) is 6.92 Å². The number of carbonyl (C=O) groups is 1. The molecule has 0 radical (unpaired) electrons. The number of amides is 1. The number of rotatable bonds is 4. The third-order valence-electron chi connectivity index (χ3n) is 4.77. The predicted molar refractivity (Wildman–Crippen MR) is 108 cm³/mol. The van der Waals surface area contributed by atoms with E-state index in [1.165, 1.54) is 5.56 Å². The maximum absolute atomic E-state index is 12.7. The molecule has 3 rings (SSSR count). The number of hydrogen-bond donors (Lipinski definition) is 1. The summed E-state index contributed by atoms with van der Waals surface area (Å²) in [4.78, 5) is 16.8. The topological polar surface area (TPSA) is 49.6 Å². The Morgan fingerprint density at radius 3 is 2.46 bits per heavy atom. The number of piperazine rings is 1. The molecule has 4 nitrogen and oxygen atoms in total. The Kier molecular flexibility index (Phi) is 6.07. The van der Waals surface area contributed by atoms with E-state index >= 15 is 0 Å². The molecule has 1 amide bonds. The van der Waals surface area contributed by atoms with Gasteiger partial charge in [0, 0.05) is 41.9 Å². The van der Waals surface area contributed by atoms with Crippen LogP contribution in [0.3, 0.4) is 0 Å². The summed E-state index contributed by atoms with van der Waals surface area (Å²) in [7, 11) is 0. The van der Waals surface area contributed by atoms with Gasteiger partial charge in [-0.2, -0.15) is 0 Å². The smallest absolute Gasteiger partial charge is 0.239 e. The van der Waals surface area contributed by atoms with Crippen LogP contribution in [-0.2, 0) is 11.2 Å². The Morgan fingerprint density at radius 2 is 1.77 bits per heavy atom. The van der Waals surface area contributed by atoms with Crippen LogP contribution < -0.4 is 10.6 Å². The minimum absolute atomic E-state index is 0.00700. The van der Waals surface area contributed by atoms with Crippen molar-refractivity contribution in [3.05, 3.63) is 63.6 Å². The summed E-state index contributed by atoms with van der Waals surface area (Å²) in [5.74, 6) is -0.00700. The zero-order valence-electron chi connectivity index (χ0n) is 14.8. The van der Waals surface area contributed by atoms with Crippen LogP contribution in [0.4, 0.5) is 5.69 Å². The lowest BCUT2D eigenvalue weighted by Gasteiger charge is -2.37. The van der Waals surface area contributed by atoms with Gasteiger partial charge in [-0.3, -0.25) is 4.79 Å². The van der Waals surface area contributed by atoms with Crippen LogP contribution in [0.5, 0.6) is 0 Å². The standard InChI is InChI=1S/C20H23Cl2N3O/c1-14-5-6-17(22)13-19(14)24-7-9-25(10-8-24)20(26)18(23)12-15-3-2-4-16(21)11-15/h2-6,11,13,18H,7-10,12,23H2,1H3. The van der Waals surface area contributed by atoms with Gasteiger partial charge < -0.3 is 15.5 Å². The molecule has 0 bridgehead atoms. The molecular weight excluding hydrogens is 369 g/mol. The second-order valence-corrected chi connectivity index (χ2v) is 7.56. The fraction of sp³-hybridized carbons (Fsp3) is 0.350. The molecule has 1 atom stereocenters. The highest BCUT2D eigenvalue weighted by Crippen LogP contribution is 2.25. The quantitative estimate of drug-likeness (QED) is 0.866. The Bertz CT molecular complexity index is 788. The molecule has 1 fully saturated rings. The Labute approximate surface area is 164 Å². The zero-order valence-corrected chi connectivity index (χ0v) is 16.3. The van der Waals surface area contributed by atoms with Crippen LogP contribution >= 0.6 is 23.2 Å². The average molecular weight is 392 g/mol. The van der Waals surface area contributed by atoms with Crippen LogP contribution in [0.1, 0.15) is 11.1 Å². The first-order chi connectivity index (χ1) is 12.4. The van der Waals surface area contributed by atoms with Gasteiger partial charge in [-0.15, -0.1) is 0 Å². The lowest BCUT2D eigenvalue weighted by molar-refractivity contribution is -0.132. The van der Waals surface area contributed by atoms with Gasteiger partial charge in [0.1, 0.15) is 0 Å². The number of carbonyl (C=O) groups excluding carboxylic acids is 1. The van der Waals surface area contributed by atoms with Crippen molar-refractivity contribution in [3.8, 4) is 0 Å². The molecule has 1 aliphatic rings. The van der Waals surface area contributed by atoms with E-state index in [9.17, 15) is 4.79 Å². The van der Waals surface area contributed by atoms with Crippen molar-refractivity contribution in [2.45, 2.75) is 19.4 Å². The molecule has 0 saturated carbocycles. The Morgan fingerprint density at radius 1 is 1.08 bits per heavy atom.